The Balaban J connectivity index is 1.51. The molecule has 1 saturated carbocycles. The van der Waals surface area contributed by atoms with Gasteiger partial charge in [0.25, 0.3) is 17.7 Å². The summed E-state index contributed by atoms with van der Waals surface area (Å²) in [7, 11) is 23.9. The summed E-state index contributed by atoms with van der Waals surface area (Å²) in [4.78, 5) is 31.1. The SMILES string of the molecule is [B]C1([B])NC(=O)N(C(COC2CC2)c2cnn3cc(C(CCC(C)(C)C(F)(F)F)NC(=O)c4nonc4OC)nc3c2)C([B])([B])C1(F)F. The lowest BCUT2D eigenvalue weighted by Crippen LogP contribution is -2.83. The maximum atomic E-state index is 15.3. The summed E-state index contributed by atoms with van der Waals surface area (Å²) >= 11 is 0. The zero-order valence-electron chi connectivity index (χ0n) is 25.9. The van der Waals surface area contributed by atoms with E-state index in [0.29, 0.717) is 17.7 Å². The average Bonchev–Trinajstić information content (AvgIpc) is 3.51. The maximum Gasteiger partial charge on any atom is 0.393 e. The predicted octanol–water partition coefficient (Wildman–Crippen LogP) is 1.82. The molecule has 2 N–H and O–H groups in total. The molecule has 1 saturated heterocycles. The largest absolute Gasteiger partial charge is 0.477 e. The number of ether oxygens (including phenoxy) is 2. The van der Waals surface area contributed by atoms with Crippen molar-refractivity contribution in [3.63, 3.8) is 0 Å². The van der Waals surface area contributed by atoms with Gasteiger partial charge in [0.15, 0.2) is 5.65 Å². The number of carbonyl (C=O) groups excluding carboxylic acids is 2. The highest BCUT2D eigenvalue weighted by Gasteiger charge is 2.64. The Morgan fingerprint density at radius 2 is 1.90 bits per heavy atom. The summed E-state index contributed by atoms with van der Waals surface area (Å²) in [5.74, 6) is -5.39. The average molecular weight is 670 g/mol. The Bertz CT molecular complexity index is 1680. The number of fused-ring (bicyclic) bond motifs is 1. The van der Waals surface area contributed by atoms with Crippen LogP contribution in [0.3, 0.4) is 0 Å². The van der Waals surface area contributed by atoms with Crippen molar-refractivity contribution in [2.45, 2.75) is 80.5 Å². The number of imidazole rings is 1. The van der Waals surface area contributed by atoms with Crippen molar-refractivity contribution in [1.82, 2.24) is 40.4 Å². The quantitative estimate of drug-likeness (QED) is 0.218. The molecule has 2 fully saturated rings. The van der Waals surface area contributed by atoms with E-state index < -0.39 is 58.6 Å². The van der Waals surface area contributed by atoms with E-state index in [1.807, 2.05) is 5.32 Å². The zero-order valence-corrected chi connectivity index (χ0v) is 25.9. The first-order chi connectivity index (χ1) is 22.2. The maximum absolute atomic E-state index is 15.3. The van der Waals surface area contributed by atoms with Crippen molar-refractivity contribution in [2.75, 3.05) is 13.7 Å². The van der Waals surface area contributed by atoms with Gasteiger partial charge in [-0.1, -0.05) is 13.8 Å². The number of methoxy groups -OCH3 is 1. The number of rotatable bonds is 12. The molecule has 5 rings (SSSR count). The molecule has 4 heterocycles. The van der Waals surface area contributed by atoms with Gasteiger partial charge in [-0.3, -0.25) is 4.79 Å². The van der Waals surface area contributed by atoms with Crippen LogP contribution in [0.2, 0.25) is 0 Å². The fourth-order valence-corrected chi connectivity index (χ4v) is 5.03. The van der Waals surface area contributed by atoms with Crippen molar-refractivity contribution in [3.8, 4) is 5.88 Å². The van der Waals surface area contributed by atoms with Crippen LogP contribution >= 0.6 is 0 Å². The molecular formula is C26H27B4F5N8O5. The van der Waals surface area contributed by atoms with Gasteiger partial charge in [0.1, 0.15) is 0 Å². The number of aromatic nitrogens is 5. The van der Waals surface area contributed by atoms with Crippen LogP contribution in [0.25, 0.3) is 5.65 Å². The van der Waals surface area contributed by atoms with Crippen molar-refractivity contribution in [3.05, 3.63) is 35.4 Å². The van der Waals surface area contributed by atoms with Gasteiger partial charge in [0, 0.05) is 16.2 Å². The zero-order chi connectivity index (χ0) is 35.4. The molecule has 22 heteroatoms. The van der Waals surface area contributed by atoms with Crippen LogP contribution in [0.1, 0.15) is 73.4 Å². The van der Waals surface area contributed by atoms with Crippen LogP contribution in [-0.2, 0) is 4.74 Å². The highest BCUT2D eigenvalue weighted by Crippen LogP contribution is 2.45. The van der Waals surface area contributed by atoms with Crippen molar-refractivity contribution in [2.24, 2.45) is 5.41 Å². The molecule has 248 valence electrons. The number of urea groups is 1. The number of alkyl halides is 5. The van der Waals surface area contributed by atoms with Crippen molar-refractivity contribution in [1.29, 1.82) is 0 Å². The second kappa shape index (κ2) is 12.2. The third-order valence-corrected chi connectivity index (χ3v) is 8.38. The lowest BCUT2D eigenvalue weighted by Gasteiger charge is -2.58. The van der Waals surface area contributed by atoms with Crippen LogP contribution in [-0.4, -0.2) is 116 Å². The molecule has 48 heavy (non-hydrogen) atoms. The molecule has 8 radical (unpaired) electrons. The minimum atomic E-state index is -4.56. The lowest BCUT2D eigenvalue weighted by atomic mass is 9.43. The Hall–Kier alpha value is -3.83. The molecule has 1 aliphatic heterocycles. The van der Waals surface area contributed by atoms with Crippen molar-refractivity contribution < 1.29 is 45.6 Å². The molecule has 1 aliphatic carbocycles. The highest BCUT2D eigenvalue weighted by molar-refractivity contribution is 6.48. The first-order valence-electron chi connectivity index (χ1n) is 14.6. The molecule has 3 amide bonds. The Labute approximate surface area is 276 Å². The second-order valence-electron chi connectivity index (χ2n) is 12.4. The molecule has 0 bridgehead atoms. The molecule has 3 aromatic rings. The Morgan fingerprint density at radius 1 is 1.21 bits per heavy atom. The Kier molecular flexibility index (Phi) is 9.05. The van der Waals surface area contributed by atoms with E-state index in [4.69, 9.17) is 40.9 Å². The first kappa shape index (κ1) is 35.5. The van der Waals surface area contributed by atoms with Gasteiger partial charge in [0.2, 0.25) is 5.69 Å². The molecule has 0 spiro atoms. The number of hydrogen-bond donors (Lipinski definition) is 2. The summed E-state index contributed by atoms with van der Waals surface area (Å²) in [6, 6.07) is -2.34. The monoisotopic (exact) mass is 670 g/mol. The number of halogens is 5. The highest BCUT2D eigenvalue weighted by atomic mass is 19.4. The minimum absolute atomic E-state index is 0.0600. The molecule has 3 aromatic heterocycles. The Morgan fingerprint density at radius 3 is 2.52 bits per heavy atom. The van der Waals surface area contributed by atoms with E-state index >= 15 is 8.78 Å². The van der Waals surface area contributed by atoms with Gasteiger partial charge in [-0.15, -0.1) is 0 Å². The fraction of sp³-hybridized carbons (Fsp3) is 0.615. The fourth-order valence-electron chi connectivity index (χ4n) is 5.03. The lowest BCUT2D eigenvalue weighted by molar-refractivity contribution is -0.214. The van der Waals surface area contributed by atoms with Gasteiger partial charge in [0.05, 0.1) is 86.8 Å². The first-order valence-corrected chi connectivity index (χ1v) is 14.6. The second-order valence-corrected chi connectivity index (χ2v) is 12.4. The number of carbonyl (C=O) groups is 2. The van der Waals surface area contributed by atoms with E-state index in [2.05, 4.69) is 30.3 Å². The van der Waals surface area contributed by atoms with Gasteiger partial charge < -0.3 is 25.0 Å². The molecule has 2 unspecified atom stereocenters. The number of amides is 3. The number of hydrogen-bond acceptors (Lipinski definition) is 9. The van der Waals surface area contributed by atoms with Crippen LogP contribution in [0, 0.1) is 5.41 Å². The van der Waals surface area contributed by atoms with E-state index in [-0.39, 0.29) is 47.6 Å². The van der Waals surface area contributed by atoms with E-state index in [9.17, 15) is 22.8 Å². The summed E-state index contributed by atoms with van der Waals surface area (Å²) in [6.07, 6.45) is -1.43. The van der Waals surface area contributed by atoms with Crippen LogP contribution < -0.4 is 15.4 Å². The number of nitrogens with zero attached hydrogens (tertiary/aromatic N) is 6. The van der Waals surface area contributed by atoms with Gasteiger partial charge in [-0.25, -0.2) is 27.7 Å². The summed E-state index contributed by atoms with van der Waals surface area (Å²) in [5, 5.41) is 9.31. The standard InChI is InChI=1S/C26H27B4F5N8O5/c1-22(2,26(33,34)35)7-6-14(38-19(44)18-20(46-3)41-48-40-18)15-10-42-17(37-15)8-12(9-36-42)16(11-47-13-4-5-13)43-21(45)39-24(27,28)23(31,32)25(43,29)30/h8-10,13-14,16H,4-7,11H2,1-3H3,(H,38,44)(H,39,45). The molecule has 2 aliphatic rings. The molecule has 2 atom stereocenters. The molecular weight excluding hydrogens is 643 g/mol. The third kappa shape index (κ3) is 6.46. The summed E-state index contributed by atoms with van der Waals surface area (Å²) in [6.45, 7) is 1.70. The van der Waals surface area contributed by atoms with Crippen LogP contribution in [0.4, 0.5) is 26.7 Å². The number of nitrogens with one attached hydrogen (secondary N) is 2. The normalized spacial score (nSPS) is 20.2. The van der Waals surface area contributed by atoms with Gasteiger partial charge in [-0.2, -0.15) is 18.3 Å². The van der Waals surface area contributed by atoms with E-state index in [1.54, 1.807) is 0 Å². The van der Waals surface area contributed by atoms with Gasteiger partial charge >= 0.3 is 12.2 Å². The van der Waals surface area contributed by atoms with Crippen LogP contribution in [0.5, 0.6) is 5.88 Å². The van der Waals surface area contributed by atoms with Crippen molar-refractivity contribution >= 4 is 49.0 Å². The van der Waals surface area contributed by atoms with E-state index in [1.165, 1.54) is 30.1 Å². The summed E-state index contributed by atoms with van der Waals surface area (Å²) in [5.41, 5.74) is -2.25. The third-order valence-electron chi connectivity index (χ3n) is 8.38. The smallest absolute Gasteiger partial charge is 0.393 e. The van der Waals surface area contributed by atoms with E-state index in [0.717, 1.165) is 13.8 Å². The molecule has 13 nitrogen and oxygen atoms in total. The summed E-state index contributed by atoms with van der Waals surface area (Å²) < 4.78 is 88.3. The topological polar surface area (TPSA) is 149 Å². The van der Waals surface area contributed by atoms with Gasteiger partial charge in [-0.05, 0) is 42.1 Å². The molecule has 0 aromatic carbocycles. The predicted molar refractivity (Wildman–Crippen MR) is 159 cm³/mol. The van der Waals surface area contributed by atoms with Crippen LogP contribution in [0.15, 0.2) is 23.1 Å². The minimum Gasteiger partial charge on any atom is -0.477 e.